The molecule has 0 spiro atoms. The first kappa shape index (κ1) is 11.7. The number of rotatable bonds is 2. The van der Waals surface area contributed by atoms with Gasteiger partial charge in [-0.1, -0.05) is 0 Å². The summed E-state index contributed by atoms with van der Waals surface area (Å²) in [6, 6.07) is 1.47. The molecule has 5 heteroatoms. The standard InChI is InChI=1S/C12H19BrN4/c1-16-12(11(13)6-14-16)8-17-5-4-9-2-3-10(7-17)15-9/h6,9-10,15H,2-5,7-8H2,1H3. The van der Waals surface area contributed by atoms with E-state index >= 15 is 0 Å². The van der Waals surface area contributed by atoms with Gasteiger partial charge in [-0.05, 0) is 35.2 Å². The first-order valence-electron chi connectivity index (χ1n) is 6.37. The molecule has 17 heavy (non-hydrogen) atoms. The zero-order chi connectivity index (χ0) is 11.8. The lowest BCUT2D eigenvalue weighted by Crippen LogP contribution is -2.35. The van der Waals surface area contributed by atoms with E-state index in [0.29, 0.717) is 6.04 Å². The summed E-state index contributed by atoms with van der Waals surface area (Å²) >= 11 is 3.58. The number of nitrogens with zero attached hydrogens (tertiary/aromatic N) is 3. The van der Waals surface area contributed by atoms with E-state index in [2.05, 4.69) is 31.2 Å². The van der Waals surface area contributed by atoms with Crippen LogP contribution in [0.3, 0.4) is 0 Å². The molecular formula is C12H19BrN4. The topological polar surface area (TPSA) is 33.1 Å². The molecule has 3 heterocycles. The van der Waals surface area contributed by atoms with Crippen molar-refractivity contribution in [2.75, 3.05) is 13.1 Å². The predicted octanol–water partition coefficient (Wildman–Crippen LogP) is 1.51. The van der Waals surface area contributed by atoms with Crippen molar-refractivity contribution >= 4 is 15.9 Å². The minimum Gasteiger partial charge on any atom is -0.310 e. The second-order valence-corrected chi connectivity index (χ2v) is 6.08. The Morgan fingerprint density at radius 3 is 3.00 bits per heavy atom. The van der Waals surface area contributed by atoms with Crippen molar-refractivity contribution in [3.8, 4) is 0 Å². The van der Waals surface area contributed by atoms with Gasteiger partial charge in [-0.3, -0.25) is 9.58 Å². The summed E-state index contributed by atoms with van der Waals surface area (Å²) in [5.74, 6) is 0. The van der Waals surface area contributed by atoms with Gasteiger partial charge in [0.2, 0.25) is 0 Å². The van der Waals surface area contributed by atoms with Crippen LogP contribution in [0.25, 0.3) is 0 Å². The minimum absolute atomic E-state index is 0.703. The highest BCUT2D eigenvalue weighted by molar-refractivity contribution is 9.10. The molecule has 2 saturated heterocycles. The van der Waals surface area contributed by atoms with E-state index in [0.717, 1.165) is 17.1 Å². The first-order chi connectivity index (χ1) is 8.22. The molecule has 2 unspecified atom stereocenters. The Balaban J connectivity index is 1.69. The van der Waals surface area contributed by atoms with Crippen molar-refractivity contribution in [1.29, 1.82) is 0 Å². The summed E-state index contributed by atoms with van der Waals surface area (Å²) < 4.78 is 3.10. The van der Waals surface area contributed by atoms with Crippen LogP contribution in [0.5, 0.6) is 0 Å². The maximum atomic E-state index is 4.28. The molecule has 3 rings (SSSR count). The highest BCUT2D eigenvalue weighted by Gasteiger charge is 2.29. The lowest BCUT2D eigenvalue weighted by Gasteiger charge is -2.24. The van der Waals surface area contributed by atoms with E-state index in [1.165, 1.54) is 38.0 Å². The Hall–Kier alpha value is -0.390. The fraction of sp³-hybridized carbons (Fsp3) is 0.750. The third-order valence-electron chi connectivity index (χ3n) is 3.99. The zero-order valence-corrected chi connectivity index (χ0v) is 11.8. The summed E-state index contributed by atoms with van der Waals surface area (Å²) in [4.78, 5) is 2.55. The third kappa shape index (κ3) is 2.41. The van der Waals surface area contributed by atoms with E-state index in [1.54, 1.807) is 0 Å². The molecule has 4 nitrogen and oxygen atoms in total. The smallest absolute Gasteiger partial charge is 0.0663 e. The highest BCUT2D eigenvalue weighted by atomic mass is 79.9. The number of nitrogens with one attached hydrogen (secondary N) is 1. The normalized spacial score (nSPS) is 29.5. The van der Waals surface area contributed by atoms with Gasteiger partial charge < -0.3 is 5.32 Å². The Morgan fingerprint density at radius 2 is 2.24 bits per heavy atom. The van der Waals surface area contributed by atoms with Crippen molar-refractivity contribution in [1.82, 2.24) is 20.0 Å². The number of hydrogen-bond acceptors (Lipinski definition) is 3. The van der Waals surface area contributed by atoms with Crippen molar-refractivity contribution in [2.45, 2.75) is 37.9 Å². The Kier molecular flexibility index (Phi) is 3.23. The maximum absolute atomic E-state index is 4.28. The first-order valence-corrected chi connectivity index (χ1v) is 7.16. The van der Waals surface area contributed by atoms with Gasteiger partial charge >= 0.3 is 0 Å². The Bertz CT molecular complexity index is 384. The van der Waals surface area contributed by atoms with Crippen molar-refractivity contribution in [3.05, 3.63) is 16.4 Å². The summed E-state index contributed by atoms with van der Waals surface area (Å²) in [5, 5.41) is 8.00. The van der Waals surface area contributed by atoms with Crippen molar-refractivity contribution < 1.29 is 0 Å². The van der Waals surface area contributed by atoms with E-state index < -0.39 is 0 Å². The van der Waals surface area contributed by atoms with Crippen LogP contribution in [0.15, 0.2) is 10.7 Å². The van der Waals surface area contributed by atoms with Crippen LogP contribution in [0.4, 0.5) is 0 Å². The van der Waals surface area contributed by atoms with Gasteiger partial charge in [-0.15, -0.1) is 0 Å². The van der Waals surface area contributed by atoms with Crippen LogP contribution in [0, 0.1) is 0 Å². The minimum atomic E-state index is 0.703. The van der Waals surface area contributed by atoms with Crippen LogP contribution in [0.2, 0.25) is 0 Å². The molecule has 0 radical (unpaired) electrons. The van der Waals surface area contributed by atoms with E-state index in [9.17, 15) is 0 Å². The fourth-order valence-corrected chi connectivity index (χ4v) is 3.46. The third-order valence-corrected chi connectivity index (χ3v) is 4.65. The number of hydrogen-bond donors (Lipinski definition) is 1. The molecule has 1 N–H and O–H groups in total. The largest absolute Gasteiger partial charge is 0.310 e. The Morgan fingerprint density at radius 1 is 1.41 bits per heavy atom. The van der Waals surface area contributed by atoms with Gasteiger partial charge in [-0.2, -0.15) is 5.10 Å². The fourth-order valence-electron chi connectivity index (χ4n) is 2.98. The van der Waals surface area contributed by atoms with Crippen LogP contribution < -0.4 is 5.32 Å². The second kappa shape index (κ2) is 4.71. The summed E-state index contributed by atoms with van der Waals surface area (Å²) in [5.41, 5.74) is 1.28. The molecule has 0 aromatic carbocycles. The molecule has 2 fully saturated rings. The summed E-state index contributed by atoms with van der Waals surface area (Å²) in [7, 11) is 2.02. The highest BCUT2D eigenvalue weighted by Crippen LogP contribution is 2.23. The molecular weight excluding hydrogens is 280 g/mol. The molecule has 2 aliphatic heterocycles. The molecule has 0 amide bonds. The number of fused-ring (bicyclic) bond motifs is 2. The van der Waals surface area contributed by atoms with Gasteiger partial charge in [-0.25, -0.2) is 0 Å². The molecule has 0 aliphatic carbocycles. The number of halogens is 1. The van der Waals surface area contributed by atoms with Crippen LogP contribution in [-0.2, 0) is 13.6 Å². The van der Waals surface area contributed by atoms with E-state index in [1.807, 2.05) is 17.9 Å². The van der Waals surface area contributed by atoms with Crippen molar-refractivity contribution in [3.63, 3.8) is 0 Å². The molecule has 0 saturated carbocycles. The second-order valence-electron chi connectivity index (χ2n) is 5.22. The number of aromatic nitrogens is 2. The van der Waals surface area contributed by atoms with Gasteiger partial charge in [0.05, 0.1) is 16.4 Å². The predicted molar refractivity (Wildman–Crippen MR) is 70.7 cm³/mol. The van der Waals surface area contributed by atoms with Gasteiger partial charge in [0.1, 0.15) is 0 Å². The van der Waals surface area contributed by atoms with Gasteiger partial charge in [0.25, 0.3) is 0 Å². The molecule has 2 bridgehead atoms. The monoisotopic (exact) mass is 298 g/mol. The zero-order valence-electron chi connectivity index (χ0n) is 10.2. The SMILES string of the molecule is Cn1ncc(Br)c1CN1CCC2CCC(C1)N2. The van der Waals surface area contributed by atoms with E-state index in [4.69, 9.17) is 0 Å². The van der Waals surface area contributed by atoms with Crippen LogP contribution in [0.1, 0.15) is 25.0 Å². The summed E-state index contributed by atoms with van der Waals surface area (Å²) in [6.45, 7) is 3.38. The van der Waals surface area contributed by atoms with Gasteiger partial charge in [0, 0.05) is 38.8 Å². The van der Waals surface area contributed by atoms with E-state index in [-0.39, 0.29) is 0 Å². The lowest BCUT2D eigenvalue weighted by atomic mass is 10.1. The lowest BCUT2D eigenvalue weighted by molar-refractivity contribution is 0.244. The molecule has 94 valence electrons. The van der Waals surface area contributed by atoms with Gasteiger partial charge in [0.15, 0.2) is 0 Å². The molecule has 1 aromatic heterocycles. The molecule has 1 aromatic rings. The Labute approximate surface area is 110 Å². The number of likely N-dealkylation sites (tertiary alicyclic amines) is 1. The van der Waals surface area contributed by atoms with Crippen LogP contribution >= 0.6 is 15.9 Å². The summed E-state index contributed by atoms with van der Waals surface area (Å²) in [6.07, 6.45) is 5.88. The quantitative estimate of drug-likeness (QED) is 0.898. The number of aryl methyl sites for hydroxylation is 1. The molecule has 2 aliphatic rings. The van der Waals surface area contributed by atoms with Crippen LogP contribution in [-0.4, -0.2) is 39.9 Å². The molecule has 2 atom stereocenters. The van der Waals surface area contributed by atoms with Crippen molar-refractivity contribution in [2.24, 2.45) is 7.05 Å². The maximum Gasteiger partial charge on any atom is 0.0663 e. The average molecular weight is 299 g/mol. The average Bonchev–Trinajstić information content (AvgIpc) is 2.78.